The van der Waals surface area contributed by atoms with Crippen molar-refractivity contribution < 1.29 is 22.7 Å². The van der Waals surface area contributed by atoms with Crippen LogP contribution in [0.4, 0.5) is 5.69 Å². The number of hydrogen-bond acceptors (Lipinski definition) is 5. The maximum atomic E-state index is 13.7. The molecule has 3 rings (SSSR count). The molecule has 1 unspecified atom stereocenters. The van der Waals surface area contributed by atoms with E-state index in [0.29, 0.717) is 17.2 Å². The van der Waals surface area contributed by atoms with E-state index < -0.39 is 16.1 Å². The lowest BCUT2D eigenvalue weighted by Gasteiger charge is -2.33. The number of anilines is 1. The van der Waals surface area contributed by atoms with Crippen LogP contribution in [0.2, 0.25) is 10.0 Å². The first-order chi connectivity index (χ1) is 19.0. The van der Waals surface area contributed by atoms with Crippen LogP contribution in [0.15, 0.2) is 42.5 Å². The number of amides is 2. The minimum Gasteiger partial charge on any atom is -0.497 e. The Hall–Kier alpha value is -2.49. The topological polar surface area (TPSA) is 96.0 Å². The van der Waals surface area contributed by atoms with E-state index in [-0.39, 0.29) is 54.5 Å². The summed E-state index contributed by atoms with van der Waals surface area (Å²) in [6.07, 6.45) is 7.06. The van der Waals surface area contributed by atoms with Crippen LogP contribution in [0.1, 0.15) is 63.9 Å². The van der Waals surface area contributed by atoms with Crippen LogP contribution in [0.25, 0.3) is 0 Å². The first kappa shape index (κ1) is 32.0. The predicted molar refractivity (Wildman–Crippen MR) is 161 cm³/mol. The lowest BCUT2D eigenvalue weighted by Crippen LogP contribution is -2.51. The second kappa shape index (κ2) is 14.9. The molecule has 0 saturated heterocycles. The minimum absolute atomic E-state index is 0.0338. The number of sulfonamides is 1. The van der Waals surface area contributed by atoms with Crippen molar-refractivity contribution in [3.05, 3.63) is 58.1 Å². The summed E-state index contributed by atoms with van der Waals surface area (Å²) in [4.78, 5) is 28.7. The van der Waals surface area contributed by atoms with Gasteiger partial charge in [-0.3, -0.25) is 13.9 Å². The molecular weight excluding hydrogens is 573 g/mol. The number of benzene rings is 2. The Morgan fingerprint density at radius 3 is 2.35 bits per heavy atom. The molecule has 1 N–H and O–H groups in total. The highest BCUT2D eigenvalue weighted by molar-refractivity contribution is 7.92. The van der Waals surface area contributed by atoms with Crippen LogP contribution in [0.5, 0.6) is 5.75 Å². The van der Waals surface area contributed by atoms with Crippen molar-refractivity contribution in [3.8, 4) is 5.75 Å². The van der Waals surface area contributed by atoms with Gasteiger partial charge in [0.25, 0.3) is 0 Å². The summed E-state index contributed by atoms with van der Waals surface area (Å²) >= 11 is 12.4. The molecule has 0 bridgehead atoms. The standard InChI is InChI=1S/C29H39Cl2N3O5S/c1-4-26(29(36)32-23-9-6-5-7-10-23)33(20-21-12-15-24(39-2)16-13-21)28(35)11-8-18-34(40(3,37)38)27-19-22(30)14-17-25(27)31/h12-17,19,23,26H,4-11,18,20H2,1-3H3,(H,32,36). The average molecular weight is 613 g/mol. The van der Waals surface area contributed by atoms with E-state index in [2.05, 4.69) is 5.32 Å². The van der Waals surface area contributed by atoms with Crippen molar-refractivity contribution in [2.75, 3.05) is 24.2 Å². The second-order valence-corrected chi connectivity index (χ2v) is 12.9. The predicted octanol–water partition coefficient (Wildman–Crippen LogP) is 5.80. The van der Waals surface area contributed by atoms with Crippen LogP contribution in [0.3, 0.4) is 0 Å². The van der Waals surface area contributed by atoms with Gasteiger partial charge in [0, 0.05) is 30.6 Å². The SMILES string of the molecule is CCC(C(=O)NC1CCCCC1)N(Cc1ccc(OC)cc1)C(=O)CCCN(c1cc(Cl)ccc1Cl)S(C)(=O)=O. The van der Waals surface area contributed by atoms with Gasteiger partial charge < -0.3 is 15.0 Å². The van der Waals surface area contributed by atoms with E-state index >= 15 is 0 Å². The fourth-order valence-electron chi connectivity index (χ4n) is 5.05. The summed E-state index contributed by atoms with van der Waals surface area (Å²) in [5.74, 6) is 0.316. The third kappa shape index (κ3) is 9.01. The van der Waals surface area contributed by atoms with Gasteiger partial charge in [0.15, 0.2) is 0 Å². The Morgan fingerprint density at radius 2 is 1.75 bits per heavy atom. The summed E-state index contributed by atoms with van der Waals surface area (Å²) in [7, 11) is -2.10. The lowest BCUT2D eigenvalue weighted by atomic mass is 9.95. The van der Waals surface area contributed by atoms with Gasteiger partial charge in [0.1, 0.15) is 11.8 Å². The Kier molecular flexibility index (Phi) is 12.0. The Labute approximate surface area is 248 Å². The zero-order valence-corrected chi connectivity index (χ0v) is 25.7. The summed E-state index contributed by atoms with van der Waals surface area (Å²) in [5.41, 5.74) is 1.12. The van der Waals surface area contributed by atoms with Crippen molar-refractivity contribution in [2.45, 2.75) is 76.9 Å². The molecule has 1 atom stereocenters. The first-order valence-electron chi connectivity index (χ1n) is 13.7. The van der Waals surface area contributed by atoms with E-state index in [1.807, 2.05) is 31.2 Å². The zero-order chi connectivity index (χ0) is 29.3. The van der Waals surface area contributed by atoms with Crippen LogP contribution < -0.4 is 14.4 Å². The monoisotopic (exact) mass is 611 g/mol. The summed E-state index contributed by atoms with van der Waals surface area (Å²) in [5, 5.41) is 3.76. The van der Waals surface area contributed by atoms with Crippen molar-refractivity contribution in [1.82, 2.24) is 10.2 Å². The number of nitrogens with one attached hydrogen (secondary N) is 1. The number of rotatable bonds is 13. The summed E-state index contributed by atoms with van der Waals surface area (Å²) in [6, 6.07) is 11.5. The van der Waals surface area contributed by atoms with Gasteiger partial charge in [-0.05, 0) is 61.6 Å². The molecule has 0 spiro atoms. The molecule has 11 heteroatoms. The van der Waals surface area contributed by atoms with Crippen molar-refractivity contribution in [2.24, 2.45) is 0 Å². The molecular formula is C29H39Cl2N3O5S. The van der Waals surface area contributed by atoms with Crippen LogP contribution in [0, 0.1) is 0 Å². The van der Waals surface area contributed by atoms with Gasteiger partial charge >= 0.3 is 0 Å². The molecule has 40 heavy (non-hydrogen) atoms. The molecule has 0 radical (unpaired) electrons. The van der Waals surface area contributed by atoms with Crippen molar-refractivity contribution in [1.29, 1.82) is 0 Å². The average Bonchev–Trinajstić information content (AvgIpc) is 2.92. The maximum Gasteiger partial charge on any atom is 0.243 e. The molecule has 1 saturated carbocycles. The molecule has 0 aromatic heterocycles. The number of methoxy groups -OCH3 is 1. The normalized spacial score (nSPS) is 14.8. The number of halogens is 2. The van der Waals surface area contributed by atoms with Crippen LogP contribution in [-0.4, -0.2) is 57.1 Å². The third-order valence-corrected chi connectivity index (χ3v) is 8.91. The molecule has 2 amide bonds. The third-order valence-electron chi connectivity index (χ3n) is 7.18. The minimum atomic E-state index is -3.69. The van der Waals surface area contributed by atoms with Crippen LogP contribution >= 0.6 is 23.2 Å². The summed E-state index contributed by atoms with van der Waals surface area (Å²) < 4.78 is 31.6. The van der Waals surface area contributed by atoms with Crippen molar-refractivity contribution in [3.63, 3.8) is 0 Å². The summed E-state index contributed by atoms with van der Waals surface area (Å²) in [6.45, 7) is 2.17. The zero-order valence-electron chi connectivity index (χ0n) is 23.4. The molecule has 1 fully saturated rings. The lowest BCUT2D eigenvalue weighted by molar-refractivity contribution is -0.141. The Balaban J connectivity index is 1.78. The second-order valence-electron chi connectivity index (χ2n) is 10.2. The van der Waals surface area contributed by atoms with E-state index in [1.165, 1.54) is 18.6 Å². The van der Waals surface area contributed by atoms with E-state index in [4.69, 9.17) is 27.9 Å². The largest absolute Gasteiger partial charge is 0.497 e. The quantitative estimate of drug-likeness (QED) is 0.308. The highest BCUT2D eigenvalue weighted by Crippen LogP contribution is 2.31. The number of nitrogens with zero attached hydrogens (tertiary/aromatic N) is 2. The first-order valence-corrected chi connectivity index (χ1v) is 16.3. The van der Waals surface area contributed by atoms with E-state index in [1.54, 1.807) is 18.1 Å². The van der Waals surface area contributed by atoms with Gasteiger partial charge in [0.05, 0.1) is 24.1 Å². The molecule has 8 nitrogen and oxygen atoms in total. The molecule has 0 aliphatic heterocycles. The fraction of sp³-hybridized carbons (Fsp3) is 0.517. The van der Waals surface area contributed by atoms with E-state index in [9.17, 15) is 18.0 Å². The fourth-order valence-corrected chi connectivity index (χ4v) is 6.46. The van der Waals surface area contributed by atoms with Crippen molar-refractivity contribution >= 4 is 50.7 Å². The van der Waals surface area contributed by atoms with E-state index in [0.717, 1.165) is 41.8 Å². The molecule has 2 aromatic carbocycles. The van der Waals surface area contributed by atoms with Gasteiger partial charge in [-0.2, -0.15) is 0 Å². The highest BCUT2D eigenvalue weighted by atomic mass is 35.5. The smallest absolute Gasteiger partial charge is 0.243 e. The van der Waals surface area contributed by atoms with Crippen LogP contribution in [-0.2, 0) is 26.2 Å². The highest BCUT2D eigenvalue weighted by Gasteiger charge is 2.30. The number of hydrogen-bond donors (Lipinski definition) is 1. The maximum absolute atomic E-state index is 13.7. The Bertz CT molecular complexity index is 1250. The molecule has 0 heterocycles. The van der Waals surface area contributed by atoms with Gasteiger partial charge in [-0.15, -0.1) is 0 Å². The number of carbonyl (C=O) groups excluding carboxylic acids is 2. The van der Waals surface area contributed by atoms with Gasteiger partial charge in [-0.25, -0.2) is 8.42 Å². The molecule has 2 aromatic rings. The van der Waals surface area contributed by atoms with Gasteiger partial charge in [-0.1, -0.05) is 61.5 Å². The molecule has 1 aliphatic rings. The Morgan fingerprint density at radius 1 is 1.07 bits per heavy atom. The number of carbonyl (C=O) groups is 2. The number of ether oxygens (including phenoxy) is 1. The van der Waals surface area contributed by atoms with Gasteiger partial charge in [0.2, 0.25) is 21.8 Å². The molecule has 1 aliphatic carbocycles. The molecule has 220 valence electrons.